The number of likely N-dealkylation sites (tertiary alicyclic amines) is 1. The Hall–Kier alpha value is -4.23. The van der Waals surface area contributed by atoms with E-state index in [1.807, 2.05) is 65.8 Å². The minimum atomic E-state index is 0.0903. The number of benzene rings is 2. The number of hydrogen-bond donors (Lipinski definition) is 1. The lowest BCUT2D eigenvalue weighted by Crippen LogP contribution is -2.47. The minimum absolute atomic E-state index is 0.0903. The van der Waals surface area contributed by atoms with E-state index in [2.05, 4.69) is 40.0 Å². The molecule has 4 heterocycles. The molecule has 1 saturated heterocycles. The summed E-state index contributed by atoms with van der Waals surface area (Å²) in [7, 11) is 5.86. The van der Waals surface area contributed by atoms with E-state index in [1.165, 1.54) is 0 Å². The number of nitrogens with one attached hydrogen (secondary N) is 1. The zero-order valence-corrected chi connectivity index (χ0v) is 21.9. The van der Waals surface area contributed by atoms with Crippen LogP contribution in [0.4, 0.5) is 0 Å². The first-order valence-corrected chi connectivity index (χ1v) is 13.0. The molecule has 192 valence electrons. The van der Waals surface area contributed by atoms with Gasteiger partial charge in [0.2, 0.25) is 0 Å². The van der Waals surface area contributed by atoms with Crippen LogP contribution in [0.3, 0.4) is 0 Å². The van der Waals surface area contributed by atoms with Crippen molar-refractivity contribution >= 4 is 27.7 Å². The van der Waals surface area contributed by atoms with Gasteiger partial charge in [-0.15, -0.1) is 0 Å². The molecule has 1 aliphatic rings. The number of pyridine rings is 2. The molecule has 0 saturated carbocycles. The van der Waals surface area contributed by atoms with Crippen molar-refractivity contribution in [2.45, 2.75) is 18.9 Å². The van der Waals surface area contributed by atoms with Gasteiger partial charge in [-0.3, -0.25) is 14.8 Å². The zero-order chi connectivity index (χ0) is 26.2. The highest BCUT2D eigenvalue weighted by atomic mass is 16.5. The van der Waals surface area contributed by atoms with Crippen molar-refractivity contribution in [2.75, 3.05) is 34.3 Å². The highest BCUT2D eigenvalue weighted by molar-refractivity contribution is 6.16. The second-order valence-electron chi connectivity index (χ2n) is 10.1. The molecule has 0 radical (unpaired) electrons. The van der Waals surface area contributed by atoms with Crippen LogP contribution in [0.2, 0.25) is 0 Å². The Morgan fingerprint density at radius 2 is 1.89 bits per heavy atom. The number of fused-ring (bicyclic) bond motifs is 3. The van der Waals surface area contributed by atoms with E-state index in [1.54, 1.807) is 13.3 Å². The molecule has 7 nitrogen and oxygen atoms in total. The SMILES string of the molecule is COc1ccc2[nH]c3cnc(-c4cccnc4)cc3c2c1-c1ccc(C(=O)N2CCCC(N(C)C)C2)cc1. The maximum absolute atomic E-state index is 13.3. The van der Waals surface area contributed by atoms with Crippen LogP contribution in [0.1, 0.15) is 23.2 Å². The van der Waals surface area contributed by atoms with Gasteiger partial charge in [-0.05, 0) is 75.0 Å². The van der Waals surface area contributed by atoms with E-state index < -0.39 is 0 Å². The molecule has 7 heteroatoms. The minimum Gasteiger partial charge on any atom is -0.496 e. The standard InChI is InChI=1S/C31H31N5O2/c1-35(2)23-7-5-15-36(19-23)31(37)21-10-8-20(9-11-21)29-28(38-3)13-12-25-30(29)24-16-26(33-18-27(24)34-25)22-6-4-14-32-17-22/h4,6,8-14,16-18,23,34H,5,7,15,19H2,1-3H3. The van der Waals surface area contributed by atoms with Crippen molar-refractivity contribution in [3.63, 3.8) is 0 Å². The zero-order valence-electron chi connectivity index (χ0n) is 21.9. The number of hydrogen-bond acceptors (Lipinski definition) is 5. The number of amides is 1. The van der Waals surface area contributed by atoms with Crippen LogP contribution < -0.4 is 4.74 Å². The summed E-state index contributed by atoms with van der Waals surface area (Å²) in [5.41, 5.74) is 6.47. The highest BCUT2D eigenvalue weighted by Gasteiger charge is 2.26. The molecule has 1 amide bonds. The first kappa shape index (κ1) is 24.1. The average Bonchev–Trinajstić information content (AvgIpc) is 3.35. The molecule has 0 bridgehead atoms. The fraction of sp³-hybridized carbons (Fsp3) is 0.258. The largest absolute Gasteiger partial charge is 0.496 e. The van der Waals surface area contributed by atoms with Crippen LogP contribution in [-0.4, -0.2) is 71.0 Å². The molecular formula is C31H31N5O2. The van der Waals surface area contributed by atoms with E-state index in [0.29, 0.717) is 11.6 Å². The van der Waals surface area contributed by atoms with Gasteiger partial charge in [-0.25, -0.2) is 0 Å². The lowest BCUT2D eigenvalue weighted by atomic mass is 9.96. The van der Waals surface area contributed by atoms with Gasteiger partial charge in [0.05, 0.1) is 24.5 Å². The van der Waals surface area contributed by atoms with Gasteiger partial charge < -0.3 is 19.5 Å². The average molecular weight is 506 g/mol. The third-order valence-electron chi connectivity index (χ3n) is 7.62. The third kappa shape index (κ3) is 4.29. The summed E-state index contributed by atoms with van der Waals surface area (Å²) in [6.45, 7) is 1.57. The molecule has 2 aromatic carbocycles. The molecule has 38 heavy (non-hydrogen) atoms. The van der Waals surface area contributed by atoms with Crippen LogP contribution in [0.5, 0.6) is 5.75 Å². The van der Waals surface area contributed by atoms with E-state index in [-0.39, 0.29) is 5.91 Å². The number of aromatic nitrogens is 3. The number of methoxy groups -OCH3 is 1. The predicted molar refractivity (Wildman–Crippen MR) is 151 cm³/mol. The number of H-pyrrole nitrogens is 1. The van der Waals surface area contributed by atoms with E-state index >= 15 is 0 Å². The number of aromatic amines is 1. The summed E-state index contributed by atoms with van der Waals surface area (Å²) in [6, 6.07) is 18.4. The number of nitrogens with zero attached hydrogens (tertiary/aromatic N) is 4. The first-order valence-electron chi connectivity index (χ1n) is 13.0. The van der Waals surface area contributed by atoms with E-state index in [4.69, 9.17) is 4.74 Å². The molecule has 3 aromatic heterocycles. The van der Waals surface area contributed by atoms with Crippen LogP contribution in [0.15, 0.2) is 73.2 Å². The molecule has 0 spiro atoms. The van der Waals surface area contributed by atoms with Gasteiger partial charge in [-0.1, -0.05) is 12.1 Å². The van der Waals surface area contributed by atoms with Crippen LogP contribution in [0.25, 0.3) is 44.2 Å². The van der Waals surface area contributed by atoms with Gasteiger partial charge in [0.15, 0.2) is 0 Å². The molecule has 1 N–H and O–H groups in total. The van der Waals surface area contributed by atoms with Crippen LogP contribution in [-0.2, 0) is 0 Å². The van der Waals surface area contributed by atoms with Crippen molar-refractivity contribution in [1.82, 2.24) is 24.8 Å². The number of piperidine rings is 1. The second kappa shape index (κ2) is 9.91. The highest BCUT2D eigenvalue weighted by Crippen LogP contribution is 2.41. The number of ether oxygens (including phenoxy) is 1. The number of rotatable bonds is 5. The summed E-state index contributed by atoms with van der Waals surface area (Å²) < 4.78 is 5.83. The fourth-order valence-electron chi connectivity index (χ4n) is 5.53. The molecular weight excluding hydrogens is 474 g/mol. The van der Waals surface area contributed by atoms with Crippen LogP contribution in [0, 0.1) is 0 Å². The number of likely N-dealkylation sites (N-methyl/N-ethyl adjacent to an activating group) is 1. The molecule has 1 fully saturated rings. The van der Waals surface area contributed by atoms with E-state index in [0.717, 1.165) is 75.9 Å². The molecule has 1 unspecified atom stereocenters. The van der Waals surface area contributed by atoms with E-state index in [9.17, 15) is 4.79 Å². The predicted octanol–water partition coefficient (Wildman–Crippen LogP) is 5.62. The Kier molecular flexibility index (Phi) is 6.29. The van der Waals surface area contributed by atoms with Gasteiger partial charge >= 0.3 is 0 Å². The quantitative estimate of drug-likeness (QED) is 0.336. The normalized spacial score (nSPS) is 15.9. The Morgan fingerprint density at radius 1 is 1.05 bits per heavy atom. The topological polar surface area (TPSA) is 74.3 Å². The van der Waals surface area contributed by atoms with Gasteiger partial charge in [0.1, 0.15) is 5.75 Å². The van der Waals surface area contributed by atoms with Crippen molar-refractivity contribution in [2.24, 2.45) is 0 Å². The second-order valence-corrected chi connectivity index (χ2v) is 10.1. The number of carbonyl (C=O) groups excluding carboxylic acids is 1. The van der Waals surface area contributed by atoms with Crippen molar-refractivity contribution in [3.8, 4) is 28.1 Å². The van der Waals surface area contributed by atoms with Gasteiger partial charge in [0, 0.05) is 64.5 Å². The fourth-order valence-corrected chi connectivity index (χ4v) is 5.53. The Bertz CT molecular complexity index is 1610. The molecule has 1 aliphatic heterocycles. The Morgan fingerprint density at radius 3 is 2.63 bits per heavy atom. The van der Waals surface area contributed by atoms with Crippen molar-refractivity contribution in [1.29, 1.82) is 0 Å². The maximum atomic E-state index is 13.3. The lowest BCUT2D eigenvalue weighted by Gasteiger charge is -2.36. The lowest BCUT2D eigenvalue weighted by molar-refractivity contribution is 0.0635. The summed E-state index contributed by atoms with van der Waals surface area (Å²) in [6.07, 6.45) is 7.61. The molecule has 1 atom stereocenters. The molecule has 6 rings (SSSR count). The summed E-state index contributed by atoms with van der Waals surface area (Å²) in [4.78, 5) is 29.9. The van der Waals surface area contributed by atoms with Crippen LogP contribution >= 0.6 is 0 Å². The smallest absolute Gasteiger partial charge is 0.253 e. The first-order chi connectivity index (χ1) is 18.5. The molecule has 0 aliphatic carbocycles. The summed E-state index contributed by atoms with van der Waals surface area (Å²) >= 11 is 0. The monoisotopic (exact) mass is 505 g/mol. The molecule has 5 aromatic rings. The van der Waals surface area contributed by atoms with Crippen molar-refractivity contribution < 1.29 is 9.53 Å². The Balaban J connectivity index is 1.41. The maximum Gasteiger partial charge on any atom is 0.253 e. The summed E-state index contributed by atoms with van der Waals surface area (Å²) in [5, 5.41) is 2.13. The van der Waals surface area contributed by atoms with Gasteiger partial charge in [-0.2, -0.15) is 0 Å². The summed E-state index contributed by atoms with van der Waals surface area (Å²) in [5.74, 6) is 0.870. The van der Waals surface area contributed by atoms with Gasteiger partial charge in [0.25, 0.3) is 5.91 Å². The Labute approximate surface area is 222 Å². The number of carbonyl (C=O) groups is 1. The third-order valence-corrected chi connectivity index (χ3v) is 7.62. The van der Waals surface area contributed by atoms with Crippen molar-refractivity contribution in [3.05, 3.63) is 78.8 Å².